The van der Waals surface area contributed by atoms with E-state index in [1.807, 2.05) is 31.2 Å². The Hall–Kier alpha value is -1.98. The van der Waals surface area contributed by atoms with Crippen molar-refractivity contribution in [3.63, 3.8) is 0 Å². The maximum absolute atomic E-state index is 11.8. The summed E-state index contributed by atoms with van der Waals surface area (Å²) in [6.45, 7) is 2.00. The van der Waals surface area contributed by atoms with E-state index in [2.05, 4.69) is 9.53 Å². The van der Waals surface area contributed by atoms with Crippen LogP contribution in [-0.4, -0.2) is 37.1 Å². The van der Waals surface area contributed by atoms with Gasteiger partial charge in [-0.05, 0) is 31.7 Å². The average molecular weight is 310 g/mol. The SMILES string of the molecule is COC(=O)C(=[N+]=[N-])S(=O)(=O)CCCCc1ccc(C)cc1. The highest BCUT2D eigenvalue weighted by molar-refractivity contribution is 8.07. The van der Waals surface area contributed by atoms with E-state index in [1.165, 1.54) is 5.56 Å². The molecule has 114 valence electrons. The molecule has 1 aromatic carbocycles. The Morgan fingerprint density at radius 2 is 1.86 bits per heavy atom. The minimum absolute atomic E-state index is 0.257. The van der Waals surface area contributed by atoms with Crippen molar-refractivity contribution in [1.82, 2.24) is 0 Å². The van der Waals surface area contributed by atoms with Crippen molar-refractivity contribution in [3.05, 3.63) is 40.9 Å². The molecule has 1 aromatic rings. The summed E-state index contributed by atoms with van der Waals surface area (Å²) in [6, 6.07) is 8.00. The van der Waals surface area contributed by atoms with E-state index in [0.29, 0.717) is 12.8 Å². The van der Waals surface area contributed by atoms with Crippen molar-refractivity contribution in [1.29, 1.82) is 0 Å². The largest absolute Gasteiger partial charge is 0.488 e. The number of nitrogens with zero attached hydrogens (tertiary/aromatic N) is 2. The van der Waals surface area contributed by atoms with Crippen LogP contribution in [0.4, 0.5) is 0 Å². The summed E-state index contributed by atoms with van der Waals surface area (Å²) >= 11 is 0. The summed E-state index contributed by atoms with van der Waals surface area (Å²) in [6.07, 6.45) is 1.77. The average Bonchev–Trinajstić information content (AvgIpc) is 2.45. The highest BCUT2D eigenvalue weighted by Gasteiger charge is 2.36. The van der Waals surface area contributed by atoms with Gasteiger partial charge in [-0.25, -0.2) is 13.2 Å². The number of carbonyl (C=O) groups excluding carboxylic acids is 1. The van der Waals surface area contributed by atoms with Crippen molar-refractivity contribution in [2.75, 3.05) is 12.9 Å². The summed E-state index contributed by atoms with van der Waals surface area (Å²) < 4.78 is 27.9. The number of methoxy groups -OCH3 is 1. The number of sulfone groups is 1. The second-order valence-corrected chi connectivity index (χ2v) is 6.68. The van der Waals surface area contributed by atoms with Crippen LogP contribution < -0.4 is 0 Å². The first-order chi connectivity index (χ1) is 9.90. The molecular formula is C14H18N2O4S. The van der Waals surface area contributed by atoms with Crippen LogP contribution in [-0.2, 0) is 25.8 Å². The van der Waals surface area contributed by atoms with Gasteiger partial charge in [0.1, 0.15) is 0 Å². The first-order valence-corrected chi connectivity index (χ1v) is 8.14. The smallest absolute Gasteiger partial charge is 0.460 e. The lowest BCUT2D eigenvalue weighted by molar-refractivity contribution is -0.136. The Labute approximate surface area is 124 Å². The molecule has 0 aliphatic heterocycles. The molecule has 0 saturated carbocycles. The van der Waals surface area contributed by atoms with Crippen molar-refractivity contribution in [2.24, 2.45) is 0 Å². The normalized spacial score (nSPS) is 10.8. The second kappa shape index (κ2) is 7.71. The topological polar surface area (TPSA) is 96.8 Å². The molecule has 0 atom stereocenters. The van der Waals surface area contributed by atoms with E-state index in [1.54, 1.807) is 0 Å². The molecule has 0 radical (unpaired) electrons. The first kappa shape index (κ1) is 17.1. The number of carbonyl (C=O) groups is 1. The number of aryl methyl sites for hydroxylation is 2. The quantitative estimate of drug-likeness (QED) is 0.206. The van der Waals surface area contributed by atoms with Crippen LogP contribution in [0.1, 0.15) is 24.0 Å². The van der Waals surface area contributed by atoms with Crippen molar-refractivity contribution < 1.29 is 22.7 Å². The molecule has 0 aliphatic rings. The Kier molecular flexibility index (Phi) is 6.27. The summed E-state index contributed by atoms with van der Waals surface area (Å²) in [5.41, 5.74) is 10.9. The van der Waals surface area contributed by atoms with Gasteiger partial charge in [-0.15, -0.1) is 4.79 Å². The number of benzene rings is 1. The maximum Gasteiger partial charge on any atom is 0.488 e. The summed E-state index contributed by atoms with van der Waals surface area (Å²) in [5.74, 6) is -1.41. The van der Waals surface area contributed by atoms with Crippen LogP contribution in [0, 0.1) is 6.92 Å². The molecule has 0 bridgehead atoms. The molecule has 0 fully saturated rings. The van der Waals surface area contributed by atoms with Gasteiger partial charge in [0.15, 0.2) is 0 Å². The molecule has 0 heterocycles. The van der Waals surface area contributed by atoms with Crippen LogP contribution >= 0.6 is 0 Å². The van der Waals surface area contributed by atoms with E-state index >= 15 is 0 Å². The zero-order valence-electron chi connectivity index (χ0n) is 12.1. The number of rotatable bonds is 5. The fourth-order valence-electron chi connectivity index (χ4n) is 1.79. The Bertz CT molecular complexity index is 644. The molecule has 6 nitrogen and oxygen atoms in total. The molecule has 0 amide bonds. The zero-order valence-corrected chi connectivity index (χ0v) is 12.9. The third kappa shape index (κ3) is 5.13. The zero-order chi connectivity index (χ0) is 15.9. The number of hydrogen-bond donors (Lipinski definition) is 0. The molecular weight excluding hydrogens is 292 g/mol. The van der Waals surface area contributed by atoms with Gasteiger partial charge in [0.05, 0.1) is 12.9 Å². The fraction of sp³-hybridized carbons (Fsp3) is 0.429. The fourth-order valence-corrected chi connectivity index (χ4v) is 3.03. The summed E-state index contributed by atoms with van der Waals surface area (Å²) in [4.78, 5) is 13.7. The third-order valence-electron chi connectivity index (χ3n) is 2.99. The molecule has 1 rings (SSSR count). The van der Waals surface area contributed by atoms with E-state index in [-0.39, 0.29) is 5.75 Å². The van der Waals surface area contributed by atoms with Gasteiger partial charge in [0, 0.05) is 0 Å². The maximum atomic E-state index is 11.8. The van der Waals surface area contributed by atoms with Gasteiger partial charge in [-0.1, -0.05) is 29.8 Å². The summed E-state index contributed by atoms with van der Waals surface area (Å²) in [5, 5.41) is -0.944. The predicted octanol–water partition coefficient (Wildman–Crippen LogP) is 1.53. The molecule has 0 aromatic heterocycles. The molecule has 0 spiro atoms. The molecule has 0 N–H and O–H groups in total. The Morgan fingerprint density at radius 3 is 2.38 bits per heavy atom. The van der Waals surface area contributed by atoms with Crippen molar-refractivity contribution in [3.8, 4) is 0 Å². The monoisotopic (exact) mass is 310 g/mol. The number of unbranched alkanes of at least 4 members (excludes halogenated alkanes) is 1. The van der Waals surface area contributed by atoms with E-state index in [0.717, 1.165) is 19.1 Å². The standard InChI is InChI=1S/C14H18N2O4S/c1-11-6-8-12(9-7-11)5-3-4-10-21(18,19)13(16-15)14(17)20-2/h6-9H,3-5,10H2,1-2H3. The van der Waals surface area contributed by atoms with Crippen LogP contribution in [0.15, 0.2) is 24.3 Å². The van der Waals surface area contributed by atoms with Crippen LogP contribution in [0.25, 0.3) is 5.53 Å². The second-order valence-electron chi connectivity index (χ2n) is 4.66. The number of hydrogen-bond acceptors (Lipinski definition) is 4. The van der Waals surface area contributed by atoms with Gasteiger partial charge in [-0.3, -0.25) is 0 Å². The lowest BCUT2D eigenvalue weighted by atomic mass is 10.1. The predicted molar refractivity (Wildman–Crippen MR) is 78.5 cm³/mol. The molecule has 7 heteroatoms. The molecule has 0 aliphatic carbocycles. The lowest BCUT2D eigenvalue weighted by Crippen LogP contribution is -2.28. The highest BCUT2D eigenvalue weighted by Crippen LogP contribution is 2.08. The minimum Gasteiger partial charge on any atom is -0.460 e. The Morgan fingerprint density at radius 1 is 1.24 bits per heavy atom. The Balaban J connectivity index is 2.53. The van der Waals surface area contributed by atoms with Gasteiger partial charge in [0.2, 0.25) is 0 Å². The molecule has 0 saturated heterocycles. The van der Waals surface area contributed by atoms with E-state index in [9.17, 15) is 13.2 Å². The molecule has 21 heavy (non-hydrogen) atoms. The third-order valence-corrected chi connectivity index (χ3v) is 4.66. The van der Waals surface area contributed by atoms with E-state index < -0.39 is 20.9 Å². The van der Waals surface area contributed by atoms with Crippen molar-refractivity contribution in [2.45, 2.75) is 26.2 Å². The number of esters is 1. The van der Waals surface area contributed by atoms with Gasteiger partial charge < -0.3 is 10.3 Å². The molecule has 0 unspecified atom stereocenters. The highest BCUT2D eigenvalue weighted by atomic mass is 32.2. The minimum atomic E-state index is -3.92. The van der Waals surface area contributed by atoms with E-state index in [4.69, 9.17) is 5.53 Å². The lowest BCUT2D eigenvalue weighted by Gasteiger charge is -2.02. The van der Waals surface area contributed by atoms with Gasteiger partial charge in [-0.2, -0.15) is 0 Å². The number of ether oxygens (including phenoxy) is 1. The van der Waals surface area contributed by atoms with Gasteiger partial charge >= 0.3 is 11.0 Å². The first-order valence-electron chi connectivity index (χ1n) is 6.49. The van der Waals surface area contributed by atoms with Crippen LogP contribution in [0.3, 0.4) is 0 Å². The van der Waals surface area contributed by atoms with Crippen molar-refractivity contribution >= 4 is 20.9 Å². The van der Waals surface area contributed by atoms with Crippen LogP contribution in [0.2, 0.25) is 0 Å². The summed E-state index contributed by atoms with van der Waals surface area (Å²) in [7, 11) is -2.89. The van der Waals surface area contributed by atoms with Crippen LogP contribution in [0.5, 0.6) is 0 Å². The van der Waals surface area contributed by atoms with Gasteiger partial charge in [0.25, 0.3) is 9.84 Å².